The molecule has 2 saturated heterocycles. The number of amides is 1. The van der Waals surface area contributed by atoms with Crippen LogP contribution >= 0.6 is 0 Å². The molecule has 5 atom stereocenters. The lowest BCUT2D eigenvalue weighted by atomic mass is 10.0. The van der Waals surface area contributed by atoms with Crippen LogP contribution in [0.15, 0.2) is 24.8 Å². The molecule has 7 N–H and O–H groups in total. The topological polar surface area (TPSA) is 192 Å². The number of aliphatic hydroxyl groups is 3. The first-order valence-corrected chi connectivity index (χ1v) is 13.9. The summed E-state index contributed by atoms with van der Waals surface area (Å²) in [5.74, 6) is -0.140. The smallest absolute Gasteiger partial charge is 0.254 e. The van der Waals surface area contributed by atoms with Crippen molar-refractivity contribution in [1.29, 1.82) is 0 Å². The molecule has 224 valence electrons. The zero-order chi connectivity index (χ0) is 29.3. The van der Waals surface area contributed by atoms with Gasteiger partial charge in [-0.25, -0.2) is 9.97 Å². The lowest BCUT2D eigenvalue weighted by molar-refractivity contribution is -0.152. The average molecular weight is 573 g/mol. The van der Waals surface area contributed by atoms with Crippen molar-refractivity contribution in [2.24, 2.45) is 7.05 Å². The Kier molecular flexibility index (Phi) is 8.84. The van der Waals surface area contributed by atoms with Gasteiger partial charge in [0.15, 0.2) is 18.7 Å². The summed E-state index contributed by atoms with van der Waals surface area (Å²) in [7, 11) is 5.49. The fraction of sp³-hybridized carbons (Fsp3) is 0.615. The molecule has 1 amide bonds. The quantitative estimate of drug-likeness (QED) is 0.121. The van der Waals surface area contributed by atoms with E-state index in [4.69, 9.17) is 10.5 Å². The van der Waals surface area contributed by atoms with Crippen LogP contribution in [0.3, 0.4) is 0 Å². The number of carbonyl (C=O) groups is 1. The van der Waals surface area contributed by atoms with Crippen molar-refractivity contribution in [3.63, 3.8) is 0 Å². The van der Waals surface area contributed by atoms with Gasteiger partial charge in [-0.1, -0.05) is 0 Å². The highest BCUT2D eigenvalue weighted by atomic mass is 16.6. The minimum Gasteiger partial charge on any atom is -0.387 e. The van der Waals surface area contributed by atoms with Gasteiger partial charge in [-0.05, 0) is 52.5 Å². The summed E-state index contributed by atoms with van der Waals surface area (Å²) in [4.78, 5) is 26.4. The van der Waals surface area contributed by atoms with Crippen LogP contribution in [0.2, 0.25) is 0 Å². The normalized spacial score (nSPS) is 24.7. The number of nitrogens with one attached hydrogen (secondary N) is 2. The van der Waals surface area contributed by atoms with Gasteiger partial charge < -0.3 is 40.2 Å². The number of nitrogen functional groups attached to an aromatic ring is 1. The van der Waals surface area contributed by atoms with E-state index in [2.05, 4.69) is 30.6 Å². The molecule has 0 spiro atoms. The molecule has 5 rings (SSSR count). The largest absolute Gasteiger partial charge is 0.387 e. The van der Waals surface area contributed by atoms with Crippen LogP contribution in [0.5, 0.6) is 0 Å². The summed E-state index contributed by atoms with van der Waals surface area (Å²) in [5.41, 5.74) is 7.89. The van der Waals surface area contributed by atoms with E-state index in [0.717, 1.165) is 25.9 Å². The van der Waals surface area contributed by atoms with Gasteiger partial charge in [0, 0.05) is 44.1 Å². The maximum Gasteiger partial charge on any atom is 0.254 e. The van der Waals surface area contributed by atoms with E-state index in [1.54, 1.807) is 40.6 Å². The molecule has 15 heteroatoms. The average Bonchev–Trinajstić information content (AvgIpc) is 3.65. The molecule has 2 aliphatic heterocycles. The Balaban J connectivity index is 1.41. The number of rotatable bonds is 10. The van der Waals surface area contributed by atoms with E-state index >= 15 is 0 Å². The van der Waals surface area contributed by atoms with Gasteiger partial charge >= 0.3 is 0 Å². The van der Waals surface area contributed by atoms with Crippen molar-refractivity contribution < 1.29 is 24.9 Å². The first-order valence-electron chi connectivity index (χ1n) is 13.9. The van der Waals surface area contributed by atoms with E-state index in [1.807, 2.05) is 13.1 Å². The van der Waals surface area contributed by atoms with Crippen LogP contribution in [0.25, 0.3) is 22.3 Å². The first kappa shape index (κ1) is 29.3. The molecule has 3 aromatic heterocycles. The zero-order valence-corrected chi connectivity index (χ0v) is 23.6. The number of aryl methyl sites for hydroxylation is 1. The Hall–Kier alpha value is -3.18. The number of aromatic nitrogens is 5. The summed E-state index contributed by atoms with van der Waals surface area (Å²) >= 11 is 0. The second kappa shape index (κ2) is 12.4. The van der Waals surface area contributed by atoms with E-state index in [9.17, 15) is 20.1 Å². The molecule has 3 aromatic rings. The molecule has 2 fully saturated rings. The number of fused-ring (bicyclic) bond motifs is 1. The molecule has 15 nitrogen and oxygen atoms in total. The molecule has 1 unspecified atom stereocenters. The number of carbonyl (C=O) groups excluding carboxylic acids is 1. The van der Waals surface area contributed by atoms with Crippen molar-refractivity contribution in [3.8, 4) is 11.3 Å². The van der Waals surface area contributed by atoms with Crippen LogP contribution in [0.1, 0.15) is 25.5 Å². The summed E-state index contributed by atoms with van der Waals surface area (Å²) in [6.07, 6.45) is 0.896. The number of piperidine rings is 1. The number of likely N-dealkylation sites (tertiary alicyclic amines) is 1. The van der Waals surface area contributed by atoms with Crippen molar-refractivity contribution in [2.75, 3.05) is 46.0 Å². The van der Waals surface area contributed by atoms with Crippen LogP contribution in [0, 0.1) is 0 Å². The van der Waals surface area contributed by atoms with Crippen LogP contribution in [0.4, 0.5) is 5.82 Å². The third kappa shape index (κ3) is 5.92. The second-order valence-electron chi connectivity index (χ2n) is 10.8. The number of hydrogen-bond acceptors (Lipinski definition) is 12. The third-order valence-corrected chi connectivity index (χ3v) is 7.98. The molecule has 41 heavy (non-hydrogen) atoms. The number of anilines is 1. The molecular formula is C26H40N10O5. The van der Waals surface area contributed by atoms with Crippen LogP contribution in [-0.2, 0) is 16.6 Å². The minimum absolute atomic E-state index is 0.0318. The highest BCUT2D eigenvalue weighted by Gasteiger charge is 2.49. The SMILES string of the molecule is CNC(O)NCCCN(C(=O)[C@H]1O[C@@H](n2cc(-c3ccn(C)n3)c3c(N)ncnc32)[C@H](O)[C@@H]1O)C1CCN(C)CC1. The van der Waals surface area contributed by atoms with Gasteiger partial charge in [0.2, 0.25) is 0 Å². The number of ether oxygens (including phenoxy) is 1. The molecule has 0 aromatic carbocycles. The zero-order valence-electron chi connectivity index (χ0n) is 23.6. The number of nitrogens with zero attached hydrogens (tertiary/aromatic N) is 7. The maximum atomic E-state index is 14.0. The van der Waals surface area contributed by atoms with Crippen molar-refractivity contribution >= 4 is 22.8 Å². The van der Waals surface area contributed by atoms with Gasteiger partial charge in [-0.15, -0.1) is 0 Å². The number of aliphatic hydroxyl groups excluding tert-OH is 3. The lowest BCUT2D eigenvalue weighted by Gasteiger charge is -2.38. The van der Waals surface area contributed by atoms with Gasteiger partial charge in [0.25, 0.3) is 5.91 Å². The van der Waals surface area contributed by atoms with E-state index < -0.39 is 30.9 Å². The molecule has 0 radical (unpaired) electrons. The number of nitrogens with two attached hydrogens (primary N) is 1. The van der Waals surface area contributed by atoms with Crippen molar-refractivity contribution in [3.05, 3.63) is 24.8 Å². The first-order chi connectivity index (χ1) is 19.7. The molecule has 0 saturated carbocycles. The van der Waals surface area contributed by atoms with Crippen molar-refractivity contribution in [1.82, 2.24) is 44.7 Å². The molecule has 2 aliphatic rings. The fourth-order valence-corrected chi connectivity index (χ4v) is 5.68. The van der Waals surface area contributed by atoms with Crippen LogP contribution in [-0.4, -0.2) is 126 Å². The molecule has 0 bridgehead atoms. The Morgan fingerprint density at radius 3 is 2.68 bits per heavy atom. The maximum absolute atomic E-state index is 14.0. The number of hydrogen-bond donors (Lipinski definition) is 6. The Labute approximate surface area is 237 Å². The monoisotopic (exact) mass is 572 g/mol. The Morgan fingerprint density at radius 1 is 1.24 bits per heavy atom. The highest BCUT2D eigenvalue weighted by Crippen LogP contribution is 2.38. The second-order valence-corrected chi connectivity index (χ2v) is 10.8. The van der Waals surface area contributed by atoms with Gasteiger partial charge in [0.1, 0.15) is 30.0 Å². The van der Waals surface area contributed by atoms with Gasteiger partial charge in [0.05, 0.1) is 11.1 Å². The van der Waals surface area contributed by atoms with Gasteiger partial charge in [-0.2, -0.15) is 5.10 Å². The fourth-order valence-electron chi connectivity index (χ4n) is 5.68. The van der Waals surface area contributed by atoms with Crippen LogP contribution < -0.4 is 16.4 Å². The summed E-state index contributed by atoms with van der Waals surface area (Å²) in [5, 5.41) is 42.7. The summed E-state index contributed by atoms with van der Waals surface area (Å²) in [6.45, 7) is 2.57. The predicted octanol–water partition coefficient (Wildman–Crippen LogP) is -1.57. The molecule has 0 aliphatic carbocycles. The van der Waals surface area contributed by atoms with Gasteiger partial charge in [-0.3, -0.25) is 20.1 Å². The van der Waals surface area contributed by atoms with Crippen molar-refractivity contribution in [2.45, 2.75) is 56.2 Å². The van der Waals surface area contributed by atoms with E-state index in [1.165, 1.54) is 6.33 Å². The Morgan fingerprint density at radius 2 is 2.00 bits per heavy atom. The predicted molar refractivity (Wildman–Crippen MR) is 150 cm³/mol. The van der Waals surface area contributed by atoms with E-state index in [0.29, 0.717) is 41.8 Å². The highest BCUT2D eigenvalue weighted by molar-refractivity contribution is 5.99. The standard InChI is InChI=1S/C26H40N10O5/c1-28-26(40)29-8-4-9-35(15-5-10-33(2)11-6-15)24(39)21-19(37)20(38)25(41-21)36-13-16(17-7-12-34(3)32-17)18-22(27)30-14-31-23(18)36/h7,12-15,19-21,25-26,28-29,37-38,40H,4-6,8-11H2,1-3H3,(H2,27,30,31)/t19-,20+,21-,25+,26?/m0/s1. The minimum atomic E-state index is -1.46. The Bertz CT molecular complexity index is 1340. The lowest BCUT2D eigenvalue weighted by Crippen LogP contribution is -2.53. The third-order valence-electron chi connectivity index (χ3n) is 7.98. The molecule has 5 heterocycles. The summed E-state index contributed by atoms with van der Waals surface area (Å²) < 4.78 is 9.40. The molecular weight excluding hydrogens is 532 g/mol. The summed E-state index contributed by atoms with van der Waals surface area (Å²) in [6, 6.07) is 1.79. The van der Waals surface area contributed by atoms with E-state index in [-0.39, 0.29) is 17.8 Å².